The van der Waals surface area contributed by atoms with Gasteiger partial charge in [-0.05, 0) is 81.3 Å². The average Bonchev–Trinajstić information content (AvgIpc) is 3.54. The number of halogens is 1. The van der Waals surface area contributed by atoms with Crippen LogP contribution in [0.15, 0.2) is 83.8 Å². The number of rotatable bonds is 7. The van der Waals surface area contributed by atoms with Crippen molar-refractivity contribution in [3.63, 3.8) is 0 Å². The Morgan fingerprint density at radius 2 is 1.53 bits per heavy atom. The second kappa shape index (κ2) is 9.48. The smallest absolute Gasteiger partial charge is 0.252 e. The number of sulfonamides is 1. The molecule has 2 atom stereocenters. The fraction of sp³-hybridized carbons (Fsp3) is 0.259. The Labute approximate surface area is 210 Å². The van der Waals surface area contributed by atoms with Crippen molar-refractivity contribution in [3.8, 4) is 0 Å². The Kier molecular flexibility index (Phi) is 6.72. The maximum atomic E-state index is 13.5. The SMILES string of the molecule is CC(C)(C)NS(=O)(=O)c1ccc(NC(=O)[C@]2(NC(=O)c3ccc(F)cc3)C[C@@H]2c2ccccc2)cc1. The van der Waals surface area contributed by atoms with E-state index in [2.05, 4.69) is 15.4 Å². The largest absolute Gasteiger partial charge is 0.337 e. The molecule has 1 aliphatic rings. The number of anilines is 1. The van der Waals surface area contributed by atoms with Crippen LogP contribution in [-0.4, -0.2) is 31.3 Å². The Bertz CT molecular complexity index is 1370. The lowest BCUT2D eigenvalue weighted by molar-refractivity contribution is -0.119. The summed E-state index contributed by atoms with van der Waals surface area (Å²) in [6.07, 6.45) is 0.387. The van der Waals surface area contributed by atoms with E-state index in [1.165, 1.54) is 48.5 Å². The standard InChI is InChI=1S/C27H28FN3O4S/c1-26(2,3)31-36(34,35)22-15-13-21(14-16-22)29-25(33)27(17-23(27)18-7-5-4-6-8-18)30-24(32)19-9-11-20(28)12-10-19/h4-16,23,31H,17H2,1-3H3,(H,29,33)(H,30,32)/t23-,27+/m1/s1. The molecule has 1 fully saturated rings. The predicted octanol–water partition coefficient (Wildman–Crippen LogP) is 4.20. The van der Waals surface area contributed by atoms with Crippen LogP contribution in [0.25, 0.3) is 0 Å². The van der Waals surface area contributed by atoms with Crippen LogP contribution in [0.3, 0.4) is 0 Å². The zero-order valence-corrected chi connectivity index (χ0v) is 21.0. The molecule has 3 N–H and O–H groups in total. The van der Waals surface area contributed by atoms with Crippen molar-refractivity contribution >= 4 is 27.5 Å². The van der Waals surface area contributed by atoms with E-state index in [1.54, 1.807) is 20.8 Å². The summed E-state index contributed by atoms with van der Waals surface area (Å²) in [5, 5.41) is 5.66. The van der Waals surface area contributed by atoms with Crippen molar-refractivity contribution in [1.29, 1.82) is 0 Å². The van der Waals surface area contributed by atoms with Gasteiger partial charge in [0.15, 0.2) is 0 Å². The summed E-state index contributed by atoms with van der Waals surface area (Å²) in [5.74, 6) is -1.62. The number of amides is 2. The van der Waals surface area contributed by atoms with E-state index in [1.807, 2.05) is 30.3 Å². The van der Waals surface area contributed by atoms with Crippen molar-refractivity contribution in [2.75, 3.05) is 5.32 Å². The summed E-state index contributed by atoms with van der Waals surface area (Å²) in [4.78, 5) is 26.5. The third kappa shape index (κ3) is 5.63. The van der Waals surface area contributed by atoms with Crippen LogP contribution in [0.2, 0.25) is 0 Å². The Morgan fingerprint density at radius 3 is 2.11 bits per heavy atom. The molecule has 0 saturated heterocycles. The van der Waals surface area contributed by atoms with Gasteiger partial charge >= 0.3 is 0 Å². The van der Waals surface area contributed by atoms with E-state index < -0.39 is 38.7 Å². The van der Waals surface area contributed by atoms with Gasteiger partial charge in [-0.1, -0.05) is 30.3 Å². The van der Waals surface area contributed by atoms with E-state index in [0.717, 1.165) is 5.56 Å². The Hall–Kier alpha value is -3.56. The lowest BCUT2D eigenvalue weighted by atomic mass is 10.0. The molecule has 0 bridgehead atoms. The molecule has 0 radical (unpaired) electrons. The summed E-state index contributed by atoms with van der Waals surface area (Å²) < 4.78 is 41.0. The summed E-state index contributed by atoms with van der Waals surface area (Å²) >= 11 is 0. The zero-order chi connectivity index (χ0) is 26.1. The van der Waals surface area contributed by atoms with E-state index >= 15 is 0 Å². The third-order valence-electron chi connectivity index (χ3n) is 5.87. The number of benzene rings is 3. The molecule has 36 heavy (non-hydrogen) atoms. The molecule has 0 spiro atoms. The molecule has 1 aliphatic carbocycles. The van der Waals surface area contributed by atoms with Gasteiger partial charge in [0.2, 0.25) is 10.0 Å². The van der Waals surface area contributed by atoms with Crippen LogP contribution in [-0.2, 0) is 14.8 Å². The lowest BCUT2D eigenvalue weighted by Gasteiger charge is -2.21. The molecule has 3 aromatic rings. The van der Waals surface area contributed by atoms with E-state index in [-0.39, 0.29) is 16.4 Å². The molecule has 9 heteroatoms. The van der Waals surface area contributed by atoms with Crippen LogP contribution in [0.4, 0.5) is 10.1 Å². The third-order valence-corrected chi connectivity index (χ3v) is 7.65. The number of carbonyl (C=O) groups is 2. The molecular formula is C27H28FN3O4S. The zero-order valence-electron chi connectivity index (χ0n) is 20.2. The van der Waals surface area contributed by atoms with Crippen LogP contribution in [0, 0.1) is 5.82 Å². The highest BCUT2D eigenvalue weighted by molar-refractivity contribution is 7.89. The molecule has 0 heterocycles. The molecule has 2 amide bonds. The highest BCUT2D eigenvalue weighted by atomic mass is 32.2. The highest BCUT2D eigenvalue weighted by Crippen LogP contribution is 2.52. The molecule has 1 saturated carbocycles. The van der Waals surface area contributed by atoms with Gasteiger partial charge in [0, 0.05) is 22.7 Å². The van der Waals surface area contributed by atoms with Gasteiger partial charge < -0.3 is 10.6 Å². The van der Waals surface area contributed by atoms with Gasteiger partial charge in [0.05, 0.1) is 4.90 Å². The van der Waals surface area contributed by atoms with Gasteiger partial charge in [-0.3, -0.25) is 9.59 Å². The molecule has 7 nitrogen and oxygen atoms in total. The summed E-state index contributed by atoms with van der Waals surface area (Å²) in [5.41, 5.74) is -0.307. The number of carbonyl (C=O) groups excluding carboxylic acids is 2. The van der Waals surface area contributed by atoms with Crippen LogP contribution < -0.4 is 15.4 Å². The maximum absolute atomic E-state index is 13.5. The summed E-state index contributed by atoms with van der Waals surface area (Å²) in [6.45, 7) is 5.24. The molecule has 0 aliphatic heterocycles. The Balaban J connectivity index is 1.55. The maximum Gasteiger partial charge on any atom is 0.252 e. The number of nitrogens with one attached hydrogen (secondary N) is 3. The summed E-state index contributed by atoms with van der Waals surface area (Å²) in [7, 11) is -3.72. The van der Waals surface area contributed by atoms with Gasteiger partial charge in [0.25, 0.3) is 11.8 Å². The second-order valence-electron chi connectivity index (χ2n) is 9.93. The molecule has 4 rings (SSSR count). The predicted molar refractivity (Wildman–Crippen MR) is 136 cm³/mol. The van der Waals surface area contributed by atoms with Crippen LogP contribution in [0.1, 0.15) is 49.0 Å². The molecular weight excluding hydrogens is 481 g/mol. The second-order valence-corrected chi connectivity index (χ2v) is 11.6. The molecule has 3 aromatic carbocycles. The first-order valence-corrected chi connectivity index (χ1v) is 13.0. The fourth-order valence-electron chi connectivity index (χ4n) is 4.09. The van der Waals surface area contributed by atoms with Crippen molar-refractivity contribution < 1.29 is 22.4 Å². The van der Waals surface area contributed by atoms with Crippen LogP contribution in [0.5, 0.6) is 0 Å². The molecule has 0 aromatic heterocycles. The van der Waals surface area contributed by atoms with E-state index in [0.29, 0.717) is 12.1 Å². The van der Waals surface area contributed by atoms with E-state index in [4.69, 9.17) is 0 Å². The van der Waals surface area contributed by atoms with E-state index in [9.17, 15) is 22.4 Å². The minimum atomic E-state index is -3.72. The van der Waals surface area contributed by atoms with Crippen molar-refractivity contribution in [2.24, 2.45) is 0 Å². The Morgan fingerprint density at radius 1 is 0.917 bits per heavy atom. The number of hydrogen-bond acceptors (Lipinski definition) is 4. The van der Waals surface area contributed by atoms with Gasteiger partial charge in [-0.15, -0.1) is 0 Å². The molecule has 188 valence electrons. The average molecular weight is 510 g/mol. The quantitative estimate of drug-likeness (QED) is 0.444. The van der Waals surface area contributed by atoms with Crippen molar-refractivity contribution in [1.82, 2.24) is 10.0 Å². The lowest BCUT2D eigenvalue weighted by Crippen LogP contribution is -2.47. The first-order chi connectivity index (χ1) is 16.9. The van der Waals surface area contributed by atoms with Gasteiger partial charge in [0.1, 0.15) is 11.4 Å². The number of hydrogen-bond donors (Lipinski definition) is 3. The monoisotopic (exact) mass is 509 g/mol. The first kappa shape index (κ1) is 25.5. The highest BCUT2D eigenvalue weighted by Gasteiger charge is 2.61. The minimum absolute atomic E-state index is 0.0725. The topological polar surface area (TPSA) is 104 Å². The normalized spacial score (nSPS) is 19.4. The van der Waals surface area contributed by atoms with Gasteiger partial charge in [-0.2, -0.15) is 0 Å². The fourth-order valence-corrected chi connectivity index (χ4v) is 5.51. The van der Waals surface area contributed by atoms with Crippen molar-refractivity contribution in [2.45, 2.75) is 49.1 Å². The van der Waals surface area contributed by atoms with Crippen LogP contribution >= 0.6 is 0 Å². The van der Waals surface area contributed by atoms with Gasteiger partial charge in [-0.25, -0.2) is 17.5 Å². The first-order valence-electron chi connectivity index (χ1n) is 11.5. The van der Waals surface area contributed by atoms with Crippen molar-refractivity contribution in [3.05, 3.63) is 95.8 Å². The summed E-state index contributed by atoms with van der Waals surface area (Å²) in [6, 6.07) is 20.3. The minimum Gasteiger partial charge on any atom is -0.337 e. The molecule has 0 unspecified atom stereocenters.